The Balaban J connectivity index is 2.22. The van der Waals surface area contributed by atoms with Gasteiger partial charge in [0.1, 0.15) is 5.76 Å². The van der Waals surface area contributed by atoms with E-state index in [-0.39, 0.29) is 18.5 Å². The first-order valence-corrected chi connectivity index (χ1v) is 6.28. The molecule has 0 aromatic carbocycles. The molecule has 3 N–H and O–H groups in total. The van der Waals surface area contributed by atoms with E-state index < -0.39 is 12.0 Å². The van der Waals surface area contributed by atoms with Crippen LogP contribution in [0.5, 0.6) is 0 Å². The third kappa shape index (κ3) is 6.49. The van der Waals surface area contributed by atoms with Crippen molar-refractivity contribution in [1.82, 2.24) is 10.6 Å². The monoisotopic (exact) mass is 268 g/mol. The number of furan rings is 1. The summed E-state index contributed by atoms with van der Waals surface area (Å²) < 4.78 is 5.20. The van der Waals surface area contributed by atoms with Crippen molar-refractivity contribution < 1.29 is 19.1 Å². The summed E-state index contributed by atoms with van der Waals surface area (Å²) in [4.78, 5) is 22.0. The second-order valence-corrected chi connectivity index (χ2v) is 4.64. The van der Waals surface area contributed by atoms with Gasteiger partial charge in [0.05, 0.1) is 12.7 Å². The summed E-state index contributed by atoms with van der Waals surface area (Å²) in [5.74, 6) is -0.0491. The van der Waals surface area contributed by atoms with Gasteiger partial charge >= 0.3 is 12.0 Å². The fraction of sp³-hybridized carbons (Fsp3) is 0.538. The molecule has 2 unspecified atom stereocenters. The second kappa shape index (κ2) is 7.45. The average Bonchev–Trinajstić information content (AvgIpc) is 2.77. The van der Waals surface area contributed by atoms with Gasteiger partial charge in [-0.15, -0.1) is 0 Å². The lowest BCUT2D eigenvalue weighted by Crippen LogP contribution is -2.45. The molecule has 0 radical (unpaired) electrons. The number of rotatable bonds is 7. The van der Waals surface area contributed by atoms with E-state index in [2.05, 4.69) is 10.6 Å². The molecule has 6 nitrogen and oxygen atoms in total. The van der Waals surface area contributed by atoms with E-state index in [9.17, 15) is 9.59 Å². The lowest BCUT2D eigenvalue weighted by Gasteiger charge is -2.16. The van der Waals surface area contributed by atoms with Crippen LogP contribution >= 0.6 is 0 Å². The maximum atomic E-state index is 11.6. The standard InChI is InChI=1S/C13H20N2O4/c1-9(5-6-11-4-3-7-19-11)14-13(18)15-10(2)8-12(16)17/h3-4,7,9-10H,5-6,8H2,1-2H3,(H,16,17)(H2,14,15,18). The van der Waals surface area contributed by atoms with Crippen LogP contribution in [-0.2, 0) is 11.2 Å². The van der Waals surface area contributed by atoms with Crippen molar-refractivity contribution in [2.24, 2.45) is 0 Å². The smallest absolute Gasteiger partial charge is 0.315 e. The van der Waals surface area contributed by atoms with Gasteiger partial charge in [-0.3, -0.25) is 4.79 Å². The lowest BCUT2D eigenvalue weighted by atomic mass is 10.1. The Morgan fingerprint density at radius 1 is 1.32 bits per heavy atom. The Kier molecular flexibility index (Phi) is 5.92. The zero-order valence-corrected chi connectivity index (χ0v) is 11.2. The third-order valence-electron chi connectivity index (χ3n) is 2.64. The molecule has 0 aliphatic rings. The highest BCUT2D eigenvalue weighted by Crippen LogP contribution is 2.05. The van der Waals surface area contributed by atoms with E-state index in [0.717, 1.165) is 18.6 Å². The van der Waals surface area contributed by atoms with E-state index in [0.29, 0.717) is 0 Å². The van der Waals surface area contributed by atoms with E-state index in [1.54, 1.807) is 13.2 Å². The SMILES string of the molecule is CC(CCc1ccco1)NC(=O)NC(C)CC(=O)O. The van der Waals surface area contributed by atoms with Crippen LogP contribution in [0, 0.1) is 0 Å². The molecule has 1 aromatic rings. The van der Waals surface area contributed by atoms with E-state index >= 15 is 0 Å². The lowest BCUT2D eigenvalue weighted by molar-refractivity contribution is -0.137. The van der Waals surface area contributed by atoms with Gasteiger partial charge in [0.2, 0.25) is 0 Å². The molecule has 0 fully saturated rings. The average molecular weight is 268 g/mol. The molecule has 0 bridgehead atoms. The summed E-state index contributed by atoms with van der Waals surface area (Å²) >= 11 is 0. The van der Waals surface area contributed by atoms with Gasteiger partial charge < -0.3 is 20.2 Å². The highest BCUT2D eigenvalue weighted by molar-refractivity contribution is 5.75. The maximum absolute atomic E-state index is 11.6. The summed E-state index contributed by atoms with van der Waals surface area (Å²) in [6.45, 7) is 3.55. The molecule has 2 amide bonds. The first-order valence-electron chi connectivity index (χ1n) is 6.28. The van der Waals surface area contributed by atoms with Crippen LogP contribution in [0.15, 0.2) is 22.8 Å². The fourth-order valence-electron chi connectivity index (χ4n) is 1.69. The van der Waals surface area contributed by atoms with Crippen LogP contribution in [-0.4, -0.2) is 29.2 Å². The number of aliphatic carboxylic acids is 1. The zero-order valence-electron chi connectivity index (χ0n) is 11.2. The number of carbonyl (C=O) groups is 2. The van der Waals surface area contributed by atoms with Crippen LogP contribution in [0.25, 0.3) is 0 Å². The quantitative estimate of drug-likeness (QED) is 0.702. The Bertz CT molecular complexity index is 403. The molecule has 1 heterocycles. The molecule has 6 heteroatoms. The summed E-state index contributed by atoms with van der Waals surface area (Å²) in [5.41, 5.74) is 0. The number of hydrogen-bond acceptors (Lipinski definition) is 3. The first kappa shape index (κ1) is 15.1. The molecule has 0 saturated carbocycles. The van der Waals surface area contributed by atoms with Gasteiger partial charge in [0.15, 0.2) is 0 Å². The first-order chi connectivity index (χ1) is 8.97. The number of carboxylic acids is 1. The molecular formula is C13H20N2O4. The van der Waals surface area contributed by atoms with Crippen LogP contribution in [0.2, 0.25) is 0 Å². The molecule has 0 spiro atoms. The Labute approximate surface area is 112 Å². The molecule has 19 heavy (non-hydrogen) atoms. The third-order valence-corrected chi connectivity index (χ3v) is 2.64. The second-order valence-electron chi connectivity index (χ2n) is 4.64. The van der Waals surface area contributed by atoms with Gasteiger partial charge in [-0.05, 0) is 32.4 Å². The number of amides is 2. The number of carbonyl (C=O) groups excluding carboxylic acids is 1. The summed E-state index contributed by atoms with van der Waals surface area (Å²) in [5, 5.41) is 13.9. The molecule has 2 atom stereocenters. The van der Waals surface area contributed by atoms with Crippen molar-refractivity contribution in [2.45, 2.75) is 45.2 Å². The predicted octanol–water partition coefficient (Wildman–Crippen LogP) is 1.76. The summed E-state index contributed by atoms with van der Waals surface area (Å²) in [6, 6.07) is 2.97. The number of hydrogen-bond donors (Lipinski definition) is 3. The van der Waals surface area contributed by atoms with Crippen molar-refractivity contribution in [3.05, 3.63) is 24.2 Å². The molecular weight excluding hydrogens is 248 g/mol. The Morgan fingerprint density at radius 3 is 2.58 bits per heavy atom. The molecule has 0 saturated heterocycles. The molecule has 106 valence electrons. The van der Waals surface area contributed by atoms with Gasteiger partial charge in [0, 0.05) is 18.5 Å². The minimum atomic E-state index is -0.932. The van der Waals surface area contributed by atoms with Crippen molar-refractivity contribution in [3.8, 4) is 0 Å². The molecule has 0 aliphatic carbocycles. The molecule has 1 aromatic heterocycles. The number of aryl methyl sites for hydroxylation is 1. The van der Waals surface area contributed by atoms with Gasteiger partial charge in [-0.1, -0.05) is 0 Å². The van der Waals surface area contributed by atoms with E-state index in [1.165, 1.54) is 0 Å². The highest BCUT2D eigenvalue weighted by atomic mass is 16.4. The zero-order chi connectivity index (χ0) is 14.3. The Morgan fingerprint density at radius 2 is 2.00 bits per heavy atom. The van der Waals surface area contributed by atoms with E-state index in [1.807, 2.05) is 19.1 Å². The van der Waals surface area contributed by atoms with E-state index in [4.69, 9.17) is 9.52 Å². The largest absolute Gasteiger partial charge is 0.481 e. The van der Waals surface area contributed by atoms with Gasteiger partial charge in [0.25, 0.3) is 0 Å². The Hall–Kier alpha value is -1.98. The van der Waals surface area contributed by atoms with Crippen molar-refractivity contribution in [1.29, 1.82) is 0 Å². The number of nitrogens with one attached hydrogen (secondary N) is 2. The van der Waals surface area contributed by atoms with Crippen molar-refractivity contribution >= 4 is 12.0 Å². The molecule has 1 rings (SSSR count). The van der Waals surface area contributed by atoms with Crippen LogP contribution in [0.4, 0.5) is 4.79 Å². The number of carboxylic acid groups (broad SMARTS) is 1. The topological polar surface area (TPSA) is 91.6 Å². The highest BCUT2D eigenvalue weighted by Gasteiger charge is 2.12. The van der Waals surface area contributed by atoms with Crippen LogP contribution in [0.3, 0.4) is 0 Å². The predicted molar refractivity (Wildman–Crippen MR) is 69.9 cm³/mol. The molecule has 0 aliphatic heterocycles. The van der Waals surface area contributed by atoms with Gasteiger partial charge in [-0.25, -0.2) is 4.79 Å². The summed E-state index contributed by atoms with van der Waals surface area (Å²) in [6.07, 6.45) is 3.04. The minimum Gasteiger partial charge on any atom is -0.481 e. The minimum absolute atomic E-state index is 0.0119. The van der Waals surface area contributed by atoms with Crippen LogP contribution in [0.1, 0.15) is 32.4 Å². The fourth-order valence-corrected chi connectivity index (χ4v) is 1.69. The normalized spacial score (nSPS) is 13.6. The van der Waals surface area contributed by atoms with Crippen molar-refractivity contribution in [2.75, 3.05) is 0 Å². The summed E-state index contributed by atoms with van der Waals surface area (Å²) in [7, 11) is 0. The number of urea groups is 1. The maximum Gasteiger partial charge on any atom is 0.315 e. The van der Waals surface area contributed by atoms with Crippen molar-refractivity contribution in [3.63, 3.8) is 0 Å². The van der Waals surface area contributed by atoms with Gasteiger partial charge in [-0.2, -0.15) is 0 Å². The van der Waals surface area contributed by atoms with Crippen LogP contribution < -0.4 is 10.6 Å².